The first kappa shape index (κ1) is 14.8. The van der Waals surface area contributed by atoms with Crippen LogP contribution >= 0.6 is 0 Å². The van der Waals surface area contributed by atoms with Crippen molar-refractivity contribution in [2.24, 2.45) is 5.92 Å². The molecule has 5 nitrogen and oxygen atoms in total. The lowest BCUT2D eigenvalue weighted by molar-refractivity contribution is -0.144. The lowest BCUT2D eigenvalue weighted by Crippen LogP contribution is -2.39. The van der Waals surface area contributed by atoms with Crippen LogP contribution in [0.5, 0.6) is 0 Å². The summed E-state index contributed by atoms with van der Waals surface area (Å²) >= 11 is 0. The van der Waals surface area contributed by atoms with Gasteiger partial charge in [-0.25, -0.2) is 4.79 Å². The summed E-state index contributed by atoms with van der Waals surface area (Å²) in [5.41, 5.74) is 0. The Hall–Kier alpha value is -1.26. The van der Waals surface area contributed by atoms with Gasteiger partial charge >= 0.3 is 12.1 Å². The Morgan fingerprint density at radius 1 is 1.22 bits per heavy atom. The summed E-state index contributed by atoms with van der Waals surface area (Å²) in [5.74, 6) is 0.286. The van der Waals surface area contributed by atoms with Crippen LogP contribution in [0, 0.1) is 5.92 Å². The zero-order valence-electron chi connectivity index (χ0n) is 11.5. The second kappa shape index (κ2) is 7.24. The van der Waals surface area contributed by atoms with Gasteiger partial charge in [-0.05, 0) is 38.5 Å². The summed E-state index contributed by atoms with van der Waals surface area (Å²) in [6.45, 7) is 2.26. The van der Waals surface area contributed by atoms with Gasteiger partial charge in [0.2, 0.25) is 0 Å². The van der Waals surface area contributed by atoms with Crippen molar-refractivity contribution in [1.82, 2.24) is 4.90 Å². The van der Waals surface area contributed by atoms with E-state index in [0.29, 0.717) is 18.9 Å². The van der Waals surface area contributed by atoms with Crippen LogP contribution in [-0.4, -0.2) is 43.8 Å². The quantitative estimate of drug-likeness (QED) is 0.724. The van der Waals surface area contributed by atoms with Crippen LogP contribution in [0.4, 0.5) is 4.79 Å². The number of esters is 1. The molecule has 1 fully saturated rings. The van der Waals surface area contributed by atoms with Gasteiger partial charge in [0.1, 0.15) is 0 Å². The molecule has 0 aromatic heterocycles. The number of amides is 1. The fraction of sp³-hybridized carbons (Fsp3) is 0.846. The molecule has 5 heteroatoms. The van der Waals surface area contributed by atoms with Gasteiger partial charge in [0.15, 0.2) is 0 Å². The maximum Gasteiger partial charge on any atom is 0.409 e. The van der Waals surface area contributed by atoms with Crippen LogP contribution in [0.25, 0.3) is 0 Å². The molecule has 1 saturated carbocycles. The zero-order chi connectivity index (χ0) is 13.5. The van der Waals surface area contributed by atoms with Crippen LogP contribution in [0.1, 0.15) is 39.0 Å². The van der Waals surface area contributed by atoms with Crippen molar-refractivity contribution in [2.45, 2.75) is 45.1 Å². The number of rotatable bonds is 4. The van der Waals surface area contributed by atoms with Crippen molar-refractivity contribution in [2.75, 3.05) is 20.8 Å². The minimum Gasteiger partial charge on any atom is -0.466 e. The standard InChI is InChI=1S/C13H23NO4/c1-4-18-12(15)9-10-5-7-11(8-6-10)14(2)13(16)17-3/h10-11H,4-9H2,1-3H3/t10-,11-. The van der Waals surface area contributed by atoms with Crippen molar-refractivity contribution >= 4 is 12.1 Å². The van der Waals surface area contributed by atoms with E-state index in [1.165, 1.54) is 7.11 Å². The monoisotopic (exact) mass is 257 g/mol. The highest BCUT2D eigenvalue weighted by Gasteiger charge is 2.28. The first-order valence-corrected chi connectivity index (χ1v) is 6.54. The molecule has 0 spiro atoms. The van der Waals surface area contributed by atoms with Gasteiger partial charge < -0.3 is 14.4 Å². The SMILES string of the molecule is CCOC(=O)C[C@H]1CC[C@H](N(C)C(=O)OC)CC1. The minimum absolute atomic E-state index is 0.109. The molecule has 0 aromatic carbocycles. The van der Waals surface area contributed by atoms with Gasteiger partial charge in [-0.15, -0.1) is 0 Å². The third-order valence-corrected chi connectivity index (χ3v) is 3.59. The Balaban J connectivity index is 2.32. The summed E-state index contributed by atoms with van der Waals surface area (Å²) < 4.78 is 9.65. The van der Waals surface area contributed by atoms with E-state index in [4.69, 9.17) is 9.47 Å². The Labute approximate surface area is 108 Å². The third-order valence-electron chi connectivity index (χ3n) is 3.59. The molecule has 0 unspecified atom stereocenters. The fourth-order valence-corrected chi connectivity index (χ4v) is 2.48. The molecular formula is C13H23NO4. The Bertz CT molecular complexity index is 285. The normalized spacial score (nSPS) is 23.3. The second-order valence-electron chi connectivity index (χ2n) is 4.76. The molecule has 104 valence electrons. The van der Waals surface area contributed by atoms with E-state index < -0.39 is 0 Å². The zero-order valence-corrected chi connectivity index (χ0v) is 11.5. The predicted molar refractivity (Wildman–Crippen MR) is 67.2 cm³/mol. The molecule has 1 aliphatic carbocycles. The smallest absolute Gasteiger partial charge is 0.409 e. The number of hydrogen-bond acceptors (Lipinski definition) is 4. The summed E-state index contributed by atoms with van der Waals surface area (Å²) in [4.78, 5) is 24.4. The van der Waals surface area contributed by atoms with Crippen LogP contribution in [0.2, 0.25) is 0 Å². The largest absolute Gasteiger partial charge is 0.466 e. The maximum atomic E-state index is 11.4. The highest BCUT2D eigenvalue weighted by molar-refractivity contribution is 5.69. The molecule has 0 atom stereocenters. The second-order valence-corrected chi connectivity index (χ2v) is 4.76. The molecule has 0 bridgehead atoms. The van der Waals surface area contributed by atoms with Gasteiger partial charge in [-0.2, -0.15) is 0 Å². The molecule has 0 N–H and O–H groups in total. The number of hydrogen-bond donors (Lipinski definition) is 0. The lowest BCUT2D eigenvalue weighted by atomic mass is 9.84. The van der Waals surface area contributed by atoms with Gasteiger partial charge in [-0.3, -0.25) is 4.79 Å². The molecule has 1 rings (SSSR count). The maximum absolute atomic E-state index is 11.4. The molecule has 0 aromatic rings. The van der Waals surface area contributed by atoms with Gasteiger partial charge in [0.25, 0.3) is 0 Å². The van der Waals surface area contributed by atoms with Crippen LogP contribution in [-0.2, 0) is 14.3 Å². The summed E-state index contributed by atoms with van der Waals surface area (Å²) in [5, 5.41) is 0. The summed E-state index contributed by atoms with van der Waals surface area (Å²) in [7, 11) is 3.16. The minimum atomic E-state index is -0.288. The Kier molecular flexibility index (Phi) is 5.95. The Morgan fingerprint density at radius 2 is 1.83 bits per heavy atom. The van der Waals surface area contributed by atoms with Crippen molar-refractivity contribution in [1.29, 1.82) is 0 Å². The molecular weight excluding hydrogens is 234 g/mol. The highest BCUT2D eigenvalue weighted by atomic mass is 16.5. The van der Waals surface area contributed by atoms with Crippen molar-refractivity contribution < 1.29 is 19.1 Å². The van der Waals surface area contributed by atoms with Gasteiger partial charge in [-0.1, -0.05) is 0 Å². The van der Waals surface area contributed by atoms with E-state index >= 15 is 0 Å². The van der Waals surface area contributed by atoms with Gasteiger partial charge in [0.05, 0.1) is 13.7 Å². The van der Waals surface area contributed by atoms with E-state index in [1.807, 2.05) is 6.92 Å². The number of methoxy groups -OCH3 is 1. The average Bonchev–Trinajstić information content (AvgIpc) is 2.38. The summed E-state index contributed by atoms with van der Waals surface area (Å²) in [6, 6.07) is 0.232. The number of carbonyl (C=O) groups excluding carboxylic acids is 2. The molecule has 0 radical (unpaired) electrons. The highest BCUT2D eigenvalue weighted by Crippen LogP contribution is 2.29. The van der Waals surface area contributed by atoms with Crippen molar-refractivity contribution in [3.63, 3.8) is 0 Å². The number of ether oxygens (including phenoxy) is 2. The molecule has 18 heavy (non-hydrogen) atoms. The molecule has 0 heterocycles. The lowest BCUT2D eigenvalue weighted by Gasteiger charge is -2.33. The van der Waals surface area contributed by atoms with Crippen LogP contribution in [0.15, 0.2) is 0 Å². The molecule has 0 saturated heterocycles. The number of carbonyl (C=O) groups is 2. The fourth-order valence-electron chi connectivity index (χ4n) is 2.48. The third kappa shape index (κ3) is 4.20. The predicted octanol–water partition coefficient (Wildman–Crippen LogP) is 2.20. The van der Waals surface area contributed by atoms with Crippen LogP contribution in [0.3, 0.4) is 0 Å². The van der Waals surface area contributed by atoms with E-state index in [0.717, 1.165) is 25.7 Å². The van der Waals surface area contributed by atoms with Crippen LogP contribution < -0.4 is 0 Å². The van der Waals surface area contributed by atoms with Crippen molar-refractivity contribution in [3.8, 4) is 0 Å². The van der Waals surface area contributed by atoms with E-state index in [2.05, 4.69) is 0 Å². The Morgan fingerprint density at radius 3 is 2.33 bits per heavy atom. The number of nitrogens with zero attached hydrogens (tertiary/aromatic N) is 1. The molecule has 1 amide bonds. The first-order valence-electron chi connectivity index (χ1n) is 6.54. The van der Waals surface area contributed by atoms with E-state index in [-0.39, 0.29) is 18.1 Å². The molecule has 1 aliphatic rings. The first-order chi connectivity index (χ1) is 8.58. The van der Waals surface area contributed by atoms with E-state index in [1.54, 1.807) is 11.9 Å². The molecule has 0 aliphatic heterocycles. The van der Waals surface area contributed by atoms with Gasteiger partial charge in [0, 0.05) is 19.5 Å². The average molecular weight is 257 g/mol. The topological polar surface area (TPSA) is 55.8 Å². The van der Waals surface area contributed by atoms with E-state index in [9.17, 15) is 9.59 Å². The summed E-state index contributed by atoms with van der Waals surface area (Å²) in [6.07, 6.45) is 3.99. The van der Waals surface area contributed by atoms with Crippen molar-refractivity contribution in [3.05, 3.63) is 0 Å².